The van der Waals surface area contributed by atoms with E-state index in [1.165, 1.54) is 0 Å². The van der Waals surface area contributed by atoms with Crippen LogP contribution in [0.25, 0.3) is 0 Å². The summed E-state index contributed by atoms with van der Waals surface area (Å²) < 4.78 is 0. The highest BCUT2D eigenvalue weighted by Crippen LogP contribution is 2.25. The minimum atomic E-state index is -0.197. The average Bonchev–Trinajstić information content (AvgIpc) is 2.22. The second kappa shape index (κ2) is 5.98. The molecule has 0 fully saturated rings. The van der Waals surface area contributed by atoms with E-state index >= 15 is 0 Å². The monoisotopic (exact) mass is 256 g/mol. The van der Waals surface area contributed by atoms with E-state index in [0.717, 1.165) is 12.1 Å². The summed E-state index contributed by atoms with van der Waals surface area (Å²) in [5.74, 6) is 0.472. The molecule has 0 bridgehead atoms. The molecule has 0 aliphatic rings. The van der Waals surface area contributed by atoms with Gasteiger partial charge in [0.1, 0.15) is 6.04 Å². The minimum absolute atomic E-state index is 0.197. The molecule has 4 heteroatoms. The number of anilines is 1. The van der Waals surface area contributed by atoms with Crippen molar-refractivity contribution in [1.29, 1.82) is 5.26 Å². The Kier molecular flexibility index (Phi) is 4.92. The molecule has 1 atom stereocenters. The molecule has 1 aromatic carbocycles. The van der Waals surface area contributed by atoms with Crippen LogP contribution in [-0.2, 0) is 0 Å². The van der Waals surface area contributed by atoms with Crippen LogP contribution in [0, 0.1) is 17.2 Å². The molecular weight excluding hydrogens is 243 g/mol. The van der Waals surface area contributed by atoms with E-state index in [-0.39, 0.29) is 6.04 Å². The topological polar surface area (TPSA) is 35.8 Å². The van der Waals surface area contributed by atoms with Crippen molar-refractivity contribution in [2.24, 2.45) is 5.92 Å². The van der Waals surface area contributed by atoms with Gasteiger partial charge in [-0.05, 0) is 30.5 Å². The number of hydrogen-bond donors (Lipinski definition) is 1. The Morgan fingerprint density at radius 2 is 2.00 bits per heavy atom. The van der Waals surface area contributed by atoms with Gasteiger partial charge in [0.15, 0.2) is 0 Å². The van der Waals surface area contributed by atoms with Crippen LogP contribution >= 0.6 is 23.2 Å². The second-order valence-electron chi connectivity index (χ2n) is 4.08. The zero-order valence-corrected chi connectivity index (χ0v) is 10.8. The molecule has 0 aliphatic heterocycles. The van der Waals surface area contributed by atoms with Crippen LogP contribution in [0.4, 0.5) is 5.69 Å². The fraction of sp³-hybridized carbons (Fsp3) is 0.417. The fourth-order valence-electron chi connectivity index (χ4n) is 1.40. The van der Waals surface area contributed by atoms with Crippen LogP contribution in [0.2, 0.25) is 10.0 Å². The molecule has 0 heterocycles. The first-order valence-corrected chi connectivity index (χ1v) is 5.89. The third-order valence-electron chi connectivity index (χ3n) is 2.12. The molecule has 1 N–H and O–H groups in total. The largest absolute Gasteiger partial charge is 0.370 e. The molecule has 0 radical (unpaired) electrons. The summed E-state index contributed by atoms with van der Waals surface area (Å²) in [5, 5.41) is 13.1. The van der Waals surface area contributed by atoms with Crippen molar-refractivity contribution >= 4 is 28.9 Å². The summed E-state index contributed by atoms with van der Waals surface area (Å²) in [4.78, 5) is 0. The van der Waals surface area contributed by atoms with Gasteiger partial charge in [0.25, 0.3) is 0 Å². The lowest BCUT2D eigenvalue weighted by atomic mass is 10.0. The maximum Gasteiger partial charge on any atom is 0.114 e. The molecule has 0 saturated heterocycles. The SMILES string of the molecule is CC(C)CC(C#N)Nc1ccc(Cl)c(Cl)c1. The summed E-state index contributed by atoms with van der Waals surface area (Å²) in [6, 6.07) is 7.30. The molecule has 0 saturated carbocycles. The van der Waals surface area contributed by atoms with Crippen molar-refractivity contribution in [3.8, 4) is 6.07 Å². The number of nitriles is 1. The molecule has 0 aliphatic carbocycles. The van der Waals surface area contributed by atoms with Crippen LogP contribution in [0.1, 0.15) is 20.3 Å². The van der Waals surface area contributed by atoms with Gasteiger partial charge in [0.2, 0.25) is 0 Å². The Morgan fingerprint density at radius 3 is 2.50 bits per heavy atom. The van der Waals surface area contributed by atoms with Crippen LogP contribution in [0.3, 0.4) is 0 Å². The summed E-state index contributed by atoms with van der Waals surface area (Å²) >= 11 is 11.7. The van der Waals surface area contributed by atoms with E-state index < -0.39 is 0 Å². The van der Waals surface area contributed by atoms with E-state index in [1.807, 2.05) is 6.07 Å². The quantitative estimate of drug-likeness (QED) is 0.870. The lowest BCUT2D eigenvalue weighted by Crippen LogP contribution is -2.19. The molecule has 1 unspecified atom stereocenters. The first-order valence-electron chi connectivity index (χ1n) is 5.14. The fourth-order valence-corrected chi connectivity index (χ4v) is 1.70. The van der Waals surface area contributed by atoms with Crippen molar-refractivity contribution in [1.82, 2.24) is 0 Å². The zero-order chi connectivity index (χ0) is 12.1. The van der Waals surface area contributed by atoms with Gasteiger partial charge in [-0.25, -0.2) is 0 Å². The predicted molar refractivity (Wildman–Crippen MR) is 68.9 cm³/mol. The van der Waals surface area contributed by atoms with E-state index in [1.54, 1.807) is 12.1 Å². The number of nitrogens with zero attached hydrogens (tertiary/aromatic N) is 1. The third kappa shape index (κ3) is 3.92. The lowest BCUT2D eigenvalue weighted by Gasteiger charge is -2.15. The molecule has 1 aromatic rings. The molecule has 1 rings (SSSR count). The molecule has 0 amide bonds. The van der Waals surface area contributed by atoms with Crippen LogP contribution in [-0.4, -0.2) is 6.04 Å². The van der Waals surface area contributed by atoms with Crippen molar-refractivity contribution in [3.05, 3.63) is 28.2 Å². The van der Waals surface area contributed by atoms with Crippen molar-refractivity contribution in [2.75, 3.05) is 5.32 Å². The zero-order valence-electron chi connectivity index (χ0n) is 9.30. The number of nitrogens with one attached hydrogen (secondary N) is 1. The number of rotatable bonds is 4. The first-order chi connectivity index (χ1) is 7.52. The Bertz CT molecular complexity index is 396. The summed E-state index contributed by atoms with van der Waals surface area (Å²) in [7, 11) is 0. The number of halogens is 2. The Balaban J connectivity index is 2.71. The van der Waals surface area contributed by atoms with Crippen molar-refractivity contribution in [2.45, 2.75) is 26.3 Å². The van der Waals surface area contributed by atoms with Crippen LogP contribution in [0.15, 0.2) is 18.2 Å². The van der Waals surface area contributed by atoms with E-state index in [9.17, 15) is 0 Å². The lowest BCUT2D eigenvalue weighted by molar-refractivity contribution is 0.568. The molecule has 86 valence electrons. The second-order valence-corrected chi connectivity index (χ2v) is 4.90. The van der Waals surface area contributed by atoms with Crippen molar-refractivity contribution < 1.29 is 0 Å². The van der Waals surface area contributed by atoms with Gasteiger partial charge < -0.3 is 5.32 Å². The van der Waals surface area contributed by atoms with Gasteiger partial charge in [-0.1, -0.05) is 37.0 Å². The highest BCUT2D eigenvalue weighted by atomic mass is 35.5. The highest BCUT2D eigenvalue weighted by Gasteiger charge is 2.10. The van der Waals surface area contributed by atoms with Gasteiger partial charge >= 0.3 is 0 Å². The normalized spacial score (nSPS) is 12.2. The van der Waals surface area contributed by atoms with E-state index in [4.69, 9.17) is 28.5 Å². The van der Waals surface area contributed by atoms with Gasteiger partial charge in [-0.2, -0.15) is 5.26 Å². The van der Waals surface area contributed by atoms with Gasteiger partial charge in [0.05, 0.1) is 16.1 Å². The maximum absolute atomic E-state index is 8.99. The standard InChI is InChI=1S/C12H14Cl2N2/c1-8(2)5-10(7-15)16-9-3-4-11(13)12(14)6-9/h3-4,6,8,10,16H,5H2,1-2H3. The maximum atomic E-state index is 8.99. The number of hydrogen-bond acceptors (Lipinski definition) is 2. The van der Waals surface area contributed by atoms with Crippen molar-refractivity contribution in [3.63, 3.8) is 0 Å². The molecule has 0 aromatic heterocycles. The molecule has 2 nitrogen and oxygen atoms in total. The Morgan fingerprint density at radius 1 is 1.31 bits per heavy atom. The summed E-state index contributed by atoms with van der Waals surface area (Å²) in [6.45, 7) is 4.17. The Labute approximate surface area is 106 Å². The Hall–Kier alpha value is -0.910. The van der Waals surface area contributed by atoms with E-state index in [2.05, 4.69) is 25.2 Å². The van der Waals surface area contributed by atoms with Gasteiger partial charge in [-0.3, -0.25) is 0 Å². The molecule has 16 heavy (non-hydrogen) atoms. The van der Waals surface area contributed by atoms with Gasteiger partial charge in [-0.15, -0.1) is 0 Å². The van der Waals surface area contributed by atoms with Gasteiger partial charge in [0, 0.05) is 5.69 Å². The van der Waals surface area contributed by atoms with Crippen LogP contribution in [0.5, 0.6) is 0 Å². The minimum Gasteiger partial charge on any atom is -0.370 e. The first kappa shape index (κ1) is 13.2. The smallest absolute Gasteiger partial charge is 0.114 e. The van der Waals surface area contributed by atoms with E-state index in [0.29, 0.717) is 16.0 Å². The summed E-state index contributed by atoms with van der Waals surface area (Å²) in [5.41, 5.74) is 0.821. The van der Waals surface area contributed by atoms with Crippen LogP contribution < -0.4 is 5.32 Å². The highest BCUT2D eigenvalue weighted by molar-refractivity contribution is 6.42. The average molecular weight is 257 g/mol. The third-order valence-corrected chi connectivity index (χ3v) is 2.86. The summed E-state index contributed by atoms with van der Waals surface area (Å²) in [6.07, 6.45) is 0.802. The molecule has 0 spiro atoms. The molecular formula is C12H14Cl2N2. The number of benzene rings is 1. The predicted octanol–water partition coefficient (Wildman–Crippen LogP) is 4.34.